The van der Waals surface area contributed by atoms with Crippen molar-refractivity contribution in [1.82, 2.24) is 4.72 Å². The molecule has 0 saturated carbocycles. The Kier molecular flexibility index (Phi) is 3.88. The third-order valence-corrected chi connectivity index (χ3v) is 3.63. The van der Waals surface area contributed by atoms with Gasteiger partial charge in [-0.05, 0) is 19.8 Å². The lowest BCUT2D eigenvalue weighted by Crippen LogP contribution is -2.41. The lowest BCUT2D eigenvalue weighted by Gasteiger charge is -2.23. The van der Waals surface area contributed by atoms with Crippen LogP contribution >= 0.6 is 0 Å². The Morgan fingerprint density at radius 1 is 1.57 bits per heavy atom. The number of hydrogen-bond donors (Lipinski definition) is 2. The van der Waals surface area contributed by atoms with Crippen LogP contribution in [0.4, 0.5) is 0 Å². The molecule has 1 unspecified atom stereocenters. The molecule has 1 aliphatic rings. The van der Waals surface area contributed by atoms with Crippen LogP contribution in [0, 0.1) is 0 Å². The normalized spacial score (nSPS) is 28.1. The standard InChI is InChI=1S/C8H17NO4S/c1-8(3-2-5-13-8)7-9-14(11,12)6-4-10/h9-10H,2-7H2,1H3. The average molecular weight is 223 g/mol. The molecule has 1 atom stereocenters. The van der Waals surface area contributed by atoms with Crippen molar-refractivity contribution in [2.45, 2.75) is 25.4 Å². The summed E-state index contributed by atoms with van der Waals surface area (Å²) in [6.07, 6.45) is 1.84. The van der Waals surface area contributed by atoms with Gasteiger partial charge in [0.1, 0.15) is 0 Å². The van der Waals surface area contributed by atoms with Gasteiger partial charge in [0.25, 0.3) is 0 Å². The van der Waals surface area contributed by atoms with Gasteiger partial charge in [0.05, 0.1) is 18.0 Å². The Bertz CT molecular complexity index is 269. The summed E-state index contributed by atoms with van der Waals surface area (Å²) in [5, 5.41) is 8.51. The summed E-state index contributed by atoms with van der Waals surface area (Å²) in [5.74, 6) is -0.247. The maximum Gasteiger partial charge on any atom is 0.213 e. The number of aliphatic hydroxyl groups is 1. The molecule has 14 heavy (non-hydrogen) atoms. The highest BCUT2D eigenvalue weighted by molar-refractivity contribution is 7.89. The van der Waals surface area contributed by atoms with E-state index in [1.807, 2.05) is 6.92 Å². The zero-order chi connectivity index (χ0) is 10.7. The lowest BCUT2D eigenvalue weighted by molar-refractivity contribution is 0.0250. The molecule has 0 aromatic carbocycles. The summed E-state index contributed by atoms with van der Waals surface area (Å²) in [5.41, 5.74) is -0.372. The highest BCUT2D eigenvalue weighted by atomic mass is 32.2. The Balaban J connectivity index is 2.39. The monoisotopic (exact) mass is 223 g/mol. The fourth-order valence-electron chi connectivity index (χ4n) is 1.43. The van der Waals surface area contributed by atoms with Crippen molar-refractivity contribution >= 4 is 10.0 Å². The van der Waals surface area contributed by atoms with E-state index in [1.165, 1.54) is 0 Å². The number of rotatable bonds is 5. The topological polar surface area (TPSA) is 75.6 Å². The van der Waals surface area contributed by atoms with E-state index < -0.39 is 10.0 Å². The number of sulfonamides is 1. The molecule has 2 N–H and O–H groups in total. The Labute approximate surface area is 84.5 Å². The van der Waals surface area contributed by atoms with Gasteiger partial charge < -0.3 is 9.84 Å². The van der Waals surface area contributed by atoms with Crippen molar-refractivity contribution < 1.29 is 18.3 Å². The van der Waals surface area contributed by atoms with E-state index in [4.69, 9.17) is 9.84 Å². The van der Waals surface area contributed by atoms with Gasteiger partial charge in [-0.25, -0.2) is 13.1 Å². The maximum atomic E-state index is 11.2. The summed E-state index contributed by atoms with van der Waals surface area (Å²) >= 11 is 0. The minimum Gasteiger partial charge on any atom is -0.395 e. The van der Waals surface area contributed by atoms with Crippen LogP contribution in [-0.4, -0.2) is 44.6 Å². The van der Waals surface area contributed by atoms with Crippen LogP contribution in [-0.2, 0) is 14.8 Å². The van der Waals surface area contributed by atoms with Gasteiger partial charge in [-0.3, -0.25) is 0 Å². The van der Waals surface area contributed by atoms with Crippen LogP contribution < -0.4 is 4.72 Å². The Morgan fingerprint density at radius 3 is 2.79 bits per heavy atom. The Morgan fingerprint density at radius 2 is 2.29 bits per heavy atom. The number of ether oxygens (including phenoxy) is 1. The number of aliphatic hydroxyl groups excluding tert-OH is 1. The zero-order valence-corrected chi connectivity index (χ0v) is 9.14. The second-order valence-electron chi connectivity index (χ2n) is 3.77. The molecule has 5 nitrogen and oxygen atoms in total. The molecule has 0 aromatic heterocycles. The van der Waals surface area contributed by atoms with Crippen LogP contribution in [0.15, 0.2) is 0 Å². The van der Waals surface area contributed by atoms with Gasteiger partial charge in [0.15, 0.2) is 0 Å². The molecule has 1 saturated heterocycles. The maximum absolute atomic E-state index is 11.2. The molecular weight excluding hydrogens is 206 g/mol. The van der Waals surface area contributed by atoms with Crippen molar-refractivity contribution in [2.75, 3.05) is 25.5 Å². The molecular formula is C8H17NO4S. The Hall–Kier alpha value is -0.170. The molecule has 1 heterocycles. The van der Waals surface area contributed by atoms with Crippen molar-refractivity contribution in [2.24, 2.45) is 0 Å². The molecule has 0 radical (unpaired) electrons. The predicted octanol–water partition coefficient (Wildman–Crippen LogP) is -0.533. The summed E-state index contributed by atoms with van der Waals surface area (Å²) in [4.78, 5) is 0. The first-order valence-electron chi connectivity index (χ1n) is 4.70. The first-order chi connectivity index (χ1) is 6.47. The third kappa shape index (κ3) is 3.53. The second kappa shape index (κ2) is 4.57. The van der Waals surface area contributed by atoms with Gasteiger partial charge >= 0.3 is 0 Å². The molecule has 0 aromatic rings. The molecule has 6 heteroatoms. The van der Waals surface area contributed by atoms with E-state index in [2.05, 4.69) is 4.72 Å². The highest BCUT2D eigenvalue weighted by Gasteiger charge is 2.30. The van der Waals surface area contributed by atoms with E-state index in [9.17, 15) is 8.42 Å². The zero-order valence-electron chi connectivity index (χ0n) is 8.32. The van der Waals surface area contributed by atoms with Crippen LogP contribution in [0.3, 0.4) is 0 Å². The number of hydrogen-bond acceptors (Lipinski definition) is 4. The van der Waals surface area contributed by atoms with Crippen molar-refractivity contribution in [3.8, 4) is 0 Å². The molecule has 84 valence electrons. The minimum atomic E-state index is -3.34. The first-order valence-corrected chi connectivity index (χ1v) is 6.35. The summed E-state index contributed by atoms with van der Waals surface area (Å²) in [7, 11) is -3.34. The smallest absolute Gasteiger partial charge is 0.213 e. The van der Waals surface area contributed by atoms with Crippen molar-refractivity contribution in [3.05, 3.63) is 0 Å². The first kappa shape index (κ1) is 11.9. The SMILES string of the molecule is CC1(CNS(=O)(=O)CCO)CCCO1. The molecule has 1 fully saturated rings. The van der Waals surface area contributed by atoms with E-state index in [-0.39, 0.29) is 24.5 Å². The summed E-state index contributed by atoms with van der Waals surface area (Å²) < 4.78 is 30.3. The highest BCUT2D eigenvalue weighted by Crippen LogP contribution is 2.23. The van der Waals surface area contributed by atoms with Crippen molar-refractivity contribution in [1.29, 1.82) is 0 Å². The van der Waals surface area contributed by atoms with E-state index in [1.54, 1.807) is 0 Å². The third-order valence-electron chi connectivity index (χ3n) is 2.33. The van der Waals surface area contributed by atoms with E-state index >= 15 is 0 Å². The summed E-state index contributed by atoms with van der Waals surface area (Å²) in [6.45, 7) is 2.52. The average Bonchev–Trinajstić information content (AvgIpc) is 2.50. The largest absolute Gasteiger partial charge is 0.395 e. The van der Waals surface area contributed by atoms with Crippen molar-refractivity contribution in [3.63, 3.8) is 0 Å². The van der Waals surface area contributed by atoms with Gasteiger partial charge in [0, 0.05) is 13.2 Å². The van der Waals surface area contributed by atoms with Crippen LogP contribution in [0.25, 0.3) is 0 Å². The van der Waals surface area contributed by atoms with Gasteiger partial charge in [-0.15, -0.1) is 0 Å². The molecule has 0 bridgehead atoms. The van der Waals surface area contributed by atoms with Crippen LogP contribution in [0.1, 0.15) is 19.8 Å². The fraction of sp³-hybridized carbons (Fsp3) is 1.00. The molecule has 0 aliphatic carbocycles. The number of nitrogens with one attached hydrogen (secondary N) is 1. The summed E-state index contributed by atoms with van der Waals surface area (Å²) in [6, 6.07) is 0. The lowest BCUT2D eigenvalue weighted by atomic mass is 10.0. The van der Waals surface area contributed by atoms with Crippen LogP contribution in [0.5, 0.6) is 0 Å². The van der Waals surface area contributed by atoms with E-state index in [0.29, 0.717) is 6.61 Å². The molecule has 0 spiro atoms. The predicted molar refractivity (Wildman–Crippen MR) is 52.5 cm³/mol. The van der Waals surface area contributed by atoms with E-state index in [0.717, 1.165) is 12.8 Å². The molecule has 0 amide bonds. The molecule has 1 rings (SSSR count). The van der Waals surface area contributed by atoms with Crippen LogP contribution in [0.2, 0.25) is 0 Å². The van der Waals surface area contributed by atoms with Gasteiger partial charge in [-0.2, -0.15) is 0 Å². The quantitative estimate of drug-likeness (QED) is 0.657. The van der Waals surface area contributed by atoms with Gasteiger partial charge in [0.2, 0.25) is 10.0 Å². The minimum absolute atomic E-state index is 0.247. The second-order valence-corrected chi connectivity index (χ2v) is 5.69. The fourth-order valence-corrected chi connectivity index (χ4v) is 2.34. The van der Waals surface area contributed by atoms with Gasteiger partial charge in [-0.1, -0.05) is 0 Å². The molecule has 1 aliphatic heterocycles.